The van der Waals surface area contributed by atoms with Gasteiger partial charge >= 0.3 is 5.97 Å². The van der Waals surface area contributed by atoms with Crippen molar-refractivity contribution in [3.8, 4) is 0 Å². The molecule has 1 aliphatic rings. The highest BCUT2D eigenvalue weighted by Gasteiger charge is 2.51. The van der Waals surface area contributed by atoms with E-state index in [1.54, 1.807) is 0 Å². The lowest BCUT2D eigenvalue weighted by molar-refractivity contribution is -0.140. The van der Waals surface area contributed by atoms with Gasteiger partial charge in [-0.15, -0.1) is 11.3 Å². The number of carbonyl (C=O) groups excluding carboxylic acids is 1. The van der Waals surface area contributed by atoms with Crippen LogP contribution in [0.1, 0.15) is 28.1 Å². The van der Waals surface area contributed by atoms with Gasteiger partial charge in [-0.1, -0.05) is 12.1 Å². The van der Waals surface area contributed by atoms with Crippen molar-refractivity contribution in [1.82, 2.24) is 10.0 Å². The van der Waals surface area contributed by atoms with Crippen LogP contribution in [-0.2, 0) is 21.4 Å². The third-order valence-electron chi connectivity index (χ3n) is 3.94. The molecule has 7 nitrogen and oxygen atoms in total. The number of rotatable bonds is 7. The Morgan fingerprint density at radius 3 is 2.56 bits per heavy atom. The fourth-order valence-corrected chi connectivity index (χ4v) is 4.06. The lowest BCUT2D eigenvalue weighted by Crippen LogP contribution is -2.43. The van der Waals surface area contributed by atoms with Crippen molar-refractivity contribution in [1.29, 1.82) is 0 Å². The second-order valence-corrected chi connectivity index (χ2v) is 8.57. The van der Waals surface area contributed by atoms with Crippen molar-refractivity contribution in [2.45, 2.75) is 29.8 Å². The van der Waals surface area contributed by atoms with E-state index in [1.165, 1.54) is 35.6 Å². The molecule has 0 radical (unpaired) electrons. The van der Waals surface area contributed by atoms with Crippen LogP contribution < -0.4 is 10.0 Å². The smallest absolute Gasteiger partial charge is 0.329 e. The summed E-state index contributed by atoms with van der Waals surface area (Å²) >= 11 is 1.44. The number of benzene rings is 1. The number of nitrogens with one attached hydrogen (secondary N) is 2. The summed E-state index contributed by atoms with van der Waals surface area (Å²) in [6.07, 6.45) is 0.739. The normalized spacial score (nSPS) is 15.5. The first-order valence-electron chi connectivity index (χ1n) is 7.50. The summed E-state index contributed by atoms with van der Waals surface area (Å²) in [5.41, 5.74) is -1.12. The lowest BCUT2D eigenvalue weighted by atomic mass is 10.2. The quantitative estimate of drug-likeness (QED) is 0.675. The van der Waals surface area contributed by atoms with Gasteiger partial charge in [0, 0.05) is 17.0 Å². The minimum atomic E-state index is -3.78. The third-order valence-corrected chi connectivity index (χ3v) is 6.21. The molecule has 1 aromatic heterocycles. The van der Waals surface area contributed by atoms with Crippen LogP contribution in [0.15, 0.2) is 46.7 Å². The largest absolute Gasteiger partial charge is 0.480 e. The Labute approximate surface area is 148 Å². The number of amides is 1. The zero-order chi connectivity index (χ0) is 18.1. The van der Waals surface area contributed by atoms with Gasteiger partial charge in [-0.3, -0.25) is 4.79 Å². The van der Waals surface area contributed by atoms with Crippen LogP contribution in [-0.4, -0.2) is 30.9 Å². The molecule has 9 heteroatoms. The van der Waals surface area contributed by atoms with E-state index in [4.69, 9.17) is 5.11 Å². The van der Waals surface area contributed by atoms with Crippen molar-refractivity contribution in [3.63, 3.8) is 0 Å². The summed E-state index contributed by atoms with van der Waals surface area (Å²) in [5, 5.41) is 13.4. The number of hydrogen-bond donors (Lipinski definition) is 3. The second-order valence-electron chi connectivity index (χ2n) is 5.77. The Bertz CT molecular complexity index is 902. The number of carbonyl (C=O) groups is 2. The molecule has 0 spiro atoms. The molecule has 0 unspecified atom stereocenters. The Balaban J connectivity index is 1.74. The van der Waals surface area contributed by atoms with Crippen molar-refractivity contribution < 1.29 is 23.1 Å². The molecule has 1 amide bonds. The molecule has 3 rings (SSSR count). The molecule has 132 valence electrons. The highest BCUT2D eigenvalue weighted by atomic mass is 32.2. The monoisotopic (exact) mass is 380 g/mol. The zero-order valence-electron chi connectivity index (χ0n) is 13.1. The van der Waals surface area contributed by atoms with Gasteiger partial charge in [0.1, 0.15) is 5.54 Å². The number of carboxylic acid groups (broad SMARTS) is 1. The summed E-state index contributed by atoms with van der Waals surface area (Å²) in [6, 6.07) is 9.18. The standard InChI is InChI=1S/C16H16N2O5S2/c19-14(18-16(6-7-16)15(20)21)11-3-1-5-13(9-11)25(22,23)17-10-12-4-2-8-24-12/h1-5,8-9,17H,6-7,10H2,(H,18,19)(H,20,21). The Morgan fingerprint density at radius 1 is 1.20 bits per heavy atom. The molecule has 1 aliphatic carbocycles. The molecule has 1 saturated carbocycles. The molecule has 1 aromatic carbocycles. The molecule has 1 fully saturated rings. The van der Waals surface area contributed by atoms with Gasteiger partial charge in [0.05, 0.1) is 4.90 Å². The molecule has 2 aromatic rings. The van der Waals surface area contributed by atoms with Gasteiger partial charge in [0.15, 0.2) is 0 Å². The van der Waals surface area contributed by atoms with E-state index >= 15 is 0 Å². The Hall–Kier alpha value is -2.23. The number of hydrogen-bond acceptors (Lipinski definition) is 5. The van der Waals surface area contributed by atoms with Crippen LogP contribution in [0.4, 0.5) is 0 Å². The summed E-state index contributed by atoms with van der Waals surface area (Å²) in [7, 11) is -3.78. The summed E-state index contributed by atoms with van der Waals surface area (Å²) in [4.78, 5) is 24.2. The predicted molar refractivity (Wildman–Crippen MR) is 91.9 cm³/mol. The van der Waals surface area contributed by atoms with Crippen LogP contribution in [0.5, 0.6) is 0 Å². The molecular formula is C16H16N2O5S2. The van der Waals surface area contributed by atoms with E-state index in [-0.39, 0.29) is 17.0 Å². The second kappa shape index (κ2) is 6.58. The molecule has 25 heavy (non-hydrogen) atoms. The summed E-state index contributed by atoms with van der Waals surface area (Å²) in [5.74, 6) is -1.68. The maximum atomic E-state index is 12.4. The van der Waals surface area contributed by atoms with Crippen LogP contribution in [0.2, 0.25) is 0 Å². The van der Waals surface area contributed by atoms with Gasteiger partial charge in [0.2, 0.25) is 10.0 Å². The van der Waals surface area contributed by atoms with Crippen molar-refractivity contribution in [2.75, 3.05) is 0 Å². The fraction of sp³-hybridized carbons (Fsp3) is 0.250. The first-order valence-corrected chi connectivity index (χ1v) is 9.87. The molecule has 0 saturated heterocycles. The molecule has 0 bridgehead atoms. The van der Waals surface area contributed by atoms with Gasteiger partial charge in [-0.05, 0) is 42.5 Å². The van der Waals surface area contributed by atoms with Crippen LogP contribution >= 0.6 is 11.3 Å². The van der Waals surface area contributed by atoms with Gasteiger partial charge < -0.3 is 10.4 Å². The first kappa shape index (κ1) is 17.6. The molecule has 3 N–H and O–H groups in total. The average molecular weight is 380 g/mol. The minimum Gasteiger partial charge on any atom is -0.480 e. The minimum absolute atomic E-state index is 0.0446. The van der Waals surface area contributed by atoms with Gasteiger partial charge in [-0.2, -0.15) is 0 Å². The maximum absolute atomic E-state index is 12.4. The topological polar surface area (TPSA) is 113 Å². The van der Waals surface area contributed by atoms with E-state index < -0.39 is 27.4 Å². The van der Waals surface area contributed by atoms with Crippen LogP contribution in [0.3, 0.4) is 0 Å². The molecular weight excluding hydrogens is 364 g/mol. The Morgan fingerprint density at radius 2 is 1.96 bits per heavy atom. The number of thiophene rings is 1. The molecule has 0 aliphatic heterocycles. The van der Waals surface area contributed by atoms with Crippen LogP contribution in [0, 0.1) is 0 Å². The summed E-state index contributed by atoms with van der Waals surface area (Å²) < 4.78 is 27.2. The highest BCUT2D eigenvalue weighted by molar-refractivity contribution is 7.89. The van der Waals surface area contributed by atoms with Crippen molar-refractivity contribution in [3.05, 3.63) is 52.2 Å². The molecule has 0 atom stereocenters. The van der Waals surface area contributed by atoms with Crippen LogP contribution in [0.25, 0.3) is 0 Å². The average Bonchev–Trinajstić information content (AvgIpc) is 3.18. The number of aliphatic carboxylic acids is 1. The SMILES string of the molecule is O=C(NC1(C(=O)O)CC1)c1cccc(S(=O)(=O)NCc2cccs2)c1. The van der Waals surface area contributed by atoms with Crippen molar-refractivity contribution >= 4 is 33.2 Å². The van der Waals surface area contributed by atoms with E-state index in [0.717, 1.165) is 4.88 Å². The van der Waals surface area contributed by atoms with Gasteiger partial charge in [0.25, 0.3) is 5.91 Å². The van der Waals surface area contributed by atoms with E-state index in [0.29, 0.717) is 12.8 Å². The van der Waals surface area contributed by atoms with Gasteiger partial charge in [-0.25, -0.2) is 17.9 Å². The number of sulfonamides is 1. The number of carboxylic acids is 1. The lowest BCUT2D eigenvalue weighted by Gasteiger charge is -2.13. The molecule has 1 heterocycles. The highest BCUT2D eigenvalue weighted by Crippen LogP contribution is 2.35. The zero-order valence-corrected chi connectivity index (χ0v) is 14.7. The Kier molecular flexibility index (Phi) is 4.63. The third kappa shape index (κ3) is 3.89. The van der Waals surface area contributed by atoms with E-state index in [1.807, 2.05) is 17.5 Å². The predicted octanol–water partition coefficient (Wildman–Crippen LogP) is 1.57. The van der Waals surface area contributed by atoms with E-state index in [2.05, 4.69) is 10.0 Å². The van der Waals surface area contributed by atoms with E-state index in [9.17, 15) is 18.0 Å². The van der Waals surface area contributed by atoms with Crippen molar-refractivity contribution in [2.24, 2.45) is 0 Å². The fourth-order valence-electron chi connectivity index (χ4n) is 2.27. The maximum Gasteiger partial charge on any atom is 0.329 e. The summed E-state index contributed by atoms with van der Waals surface area (Å²) in [6.45, 7) is 0.165. The first-order chi connectivity index (χ1) is 11.8.